The van der Waals surface area contributed by atoms with Gasteiger partial charge >= 0.3 is 0 Å². The molecule has 4 heteroatoms. The average Bonchev–Trinajstić information content (AvgIpc) is 2.41. The lowest BCUT2D eigenvalue weighted by Crippen LogP contribution is -2.26. The SMILES string of the molecule is CCCCN(CC)c1nc(C)nc(NCCC)c1C. The molecule has 0 bridgehead atoms. The van der Waals surface area contributed by atoms with Crippen LogP contribution in [0.25, 0.3) is 0 Å². The fraction of sp³-hybridized carbons (Fsp3) is 0.733. The molecule has 1 heterocycles. The Morgan fingerprint density at radius 2 is 1.79 bits per heavy atom. The molecule has 0 atom stereocenters. The fourth-order valence-corrected chi connectivity index (χ4v) is 2.10. The summed E-state index contributed by atoms with van der Waals surface area (Å²) in [6, 6.07) is 0. The summed E-state index contributed by atoms with van der Waals surface area (Å²) in [7, 11) is 0. The van der Waals surface area contributed by atoms with E-state index < -0.39 is 0 Å². The standard InChI is InChI=1S/C15H28N4/c1-6-9-11-19(8-3)15-12(4)14(16-10-7-2)17-13(5)18-15/h6-11H2,1-5H3,(H,16,17,18). The predicted octanol–water partition coefficient (Wildman–Crippen LogP) is 3.54. The third-order valence-corrected chi connectivity index (χ3v) is 3.24. The molecule has 0 unspecified atom stereocenters. The smallest absolute Gasteiger partial charge is 0.137 e. The first-order chi connectivity index (χ1) is 9.13. The Hall–Kier alpha value is -1.32. The first kappa shape index (κ1) is 15.7. The second-order valence-corrected chi connectivity index (χ2v) is 4.93. The van der Waals surface area contributed by atoms with Crippen LogP contribution in [0.15, 0.2) is 0 Å². The summed E-state index contributed by atoms with van der Waals surface area (Å²) in [5.41, 5.74) is 1.16. The maximum absolute atomic E-state index is 4.64. The van der Waals surface area contributed by atoms with Crippen LogP contribution in [0.4, 0.5) is 11.6 Å². The molecule has 0 aliphatic heterocycles. The van der Waals surface area contributed by atoms with Gasteiger partial charge in [0.1, 0.15) is 17.5 Å². The van der Waals surface area contributed by atoms with Gasteiger partial charge in [0.05, 0.1) is 0 Å². The molecule has 1 N–H and O–H groups in total. The lowest BCUT2D eigenvalue weighted by Gasteiger charge is -2.25. The first-order valence-electron chi connectivity index (χ1n) is 7.48. The Morgan fingerprint density at radius 3 is 2.37 bits per heavy atom. The molecule has 108 valence electrons. The molecule has 0 radical (unpaired) electrons. The highest BCUT2D eigenvalue weighted by Gasteiger charge is 2.13. The lowest BCUT2D eigenvalue weighted by atomic mass is 10.2. The van der Waals surface area contributed by atoms with Gasteiger partial charge in [-0.3, -0.25) is 0 Å². The van der Waals surface area contributed by atoms with Crippen LogP contribution < -0.4 is 10.2 Å². The van der Waals surface area contributed by atoms with Crippen molar-refractivity contribution in [3.8, 4) is 0 Å². The first-order valence-corrected chi connectivity index (χ1v) is 7.48. The van der Waals surface area contributed by atoms with Gasteiger partial charge in [0.25, 0.3) is 0 Å². The molecule has 4 nitrogen and oxygen atoms in total. The van der Waals surface area contributed by atoms with E-state index in [0.717, 1.165) is 49.1 Å². The van der Waals surface area contributed by atoms with Gasteiger partial charge in [-0.05, 0) is 33.6 Å². The van der Waals surface area contributed by atoms with Crippen LogP contribution >= 0.6 is 0 Å². The molecule has 0 saturated carbocycles. The van der Waals surface area contributed by atoms with E-state index >= 15 is 0 Å². The molecule has 0 amide bonds. The molecule has 0 fully saturated rings. The average molecular weight is 264 g/mol. The van der Waals surface area contributed by atoms with Crippen LogP contribution in [0, 0.1) is 13.8 Å². The van der Waals surface area contributed by atoms with Crippen LogP contribution in [0.1, 0.15) is 51.4 Å². The number of nitrogens with one attached hydrogen (secondary N) is 1. The van der Waals surface area contributed by atoms with Crippen LogP contribution in [-0.2, 0) is 0 Å². The van der Waals surface area contributed by atoms with Gasteiger partial charge in [0, 0.05) is 25.2 Å². The topological polar surface area (TPSA) is 41.1 Å². The molecule has 0 spiro atoms. The Bertz CT molecular complexity index is 390. The number of hydrogen-bond acceptors (Lipinski definition) is 4. The van der Waals surface area contributed by atoms with E-state index in [-0.39, 0.29) is 0 Å². The number of hydrogen-bond donors (Lipinski definition) is 1. The molecule has 0 saturated heterocycles. The van der Waals surface area contributed by atoms with Gasteiger partial charge < -0.3 is 10.2 Å². The highest BCUT2D eigenvalue weighted by Crippen LogP contribution is 2.23. The van der Waals surface area contributed by atoms with Crippen molar-refractivity contribution in [2.75, 3.05) is 29.9 Å². The highest BCUT2D eigenvalue weighted by atomic mass is 15.2. The monoisotopic (exact) mass is 264 g/mol. The molecular weight excluding hydrogens is 236 g/mol. The second kappa shape index (κ2) is 7.97. The largest absolute Gasteiger partial charge is 0.370 e. The van der Waals surface area contributed by atoms with Gasteiger partial charge in [-0.15, -0.1) is 0 Å². The number of aromatic nitrogens is 2. The normalized spacial score (nSPS) is 10.6. The molecule has 0 aliphatic rings. The van der Waals surface area contributed by atoms with E-state index in [1.165, 1.54) is 12.8 Å². The maximum Gasteiger partial charge on any atom is 0.137 e. The number of aryl methyl sites for hydroxylation is 1. The minimum atomic E-state index is 0.842. The van der Waals surface area contributed by atoms with E-state index in [0.29, 0.717) is 0 Å². The minimum Gasteiger partial charge on any atom is -0.370 e. The van der Waals surface area contributed by atoms with Crippen molar-refractivity contribution in [1.82, 2.24) is 9.97 Å². The van der Waals surface area contributed by atoms with E-state index in [1.54, 1.807) is 0 Å². The molecule has 19 heavy (non-hydrogen) atoms. The Balaban J connectivity index is 3.00. The number of rotatable bonds is 8. The van der Waals surface area contributed by atoms with E-state index in [1.807, 2.05) is 6.92 Å². The van der Waals surface area contributed by atoms with Crippen molar-refractivity contribution in [1.29, 1.82) is 0 Å². The highest BCUT2D eigenvalue weighted by molar-refractivity contribution is 5.58. The number of unbranched alkanes of at least 4 members (excludes halogenated alkanes) is 1. The van der Waals surface area contributed by atoms with Crippen LogP contribution in [0.2, 0.25) is 0 Å². The number of nitrogens with zero attached hydrogens (tertiary/aromatic N) is 3. The maximum atomic E-state index is 4.64. The third kappa shape index (κ3) is 4.37. The quantitative estimate of drug-likeness (QED) is 0.779. The van der Waals surface area contributed by atoms with E-state index in [2.05, 4.69) is 47.9 Å². The summed E-state index contributed by atoms with van der Waals surface area (Å²) in [6.45, 7) is 13.7. The summed E-state index contributed by atoms with van der Waals surface area (Å²) >= 11 is 0. The molecule has 1 aromatic rings. The molecule has 0 aromatic carbocycles. The van der Waals surface area contributed by atoms with Crippen molar-refractivity contribution in [2.45, 2.75) is 53.9 Å². The van der Waals surface area contributed by atoms with E-state index in [4.69, 9.17) is 0 Å². The van der Waals surface area contributed by atoms with Crippen LogP contribution in [0.3, 0.4) is 0 Å². The number of anilines is 2. The van der Waals surface area contributed by atoms with Gasteiger partial charge in [-0.25, -0.2) is 9.97 Å². The summed E-state index contributed by atoms with van der Waals surface area (Å²) in [5.74, 6) is 2.91. The summed E-state index contributed by atoms with van der Waals surface area (Å²) in [4.78, 5) is 11.5. The van der Waals surface area contributed by atoms with Gasteiger partial charge in [-0.1, -0.05) is 20.3 Å². The van der Waals surface area contributed by atoms with E-state index in [9.17, 15) is 0 Å². The molecular formula is C15H28N4. The lowest BCUT2D eigenvalue weighted by molar-refractivity contribution is 0.718. The third-order valence-electron chi connectivity index (χ3n) is 3.24. The van der Waals surface area contributed by atoms with Crippen molar-refractivity contribution in [3.05, 3.63) is 11.4 Å². The van der Waals surface area contributed by atoms with Crippen molar-refractivity contribution in [2.24, 2.45) is 0 Å². The van der Waals surface area contributed by atoms with Crippen molar-refractivity contribution in [3.63, 3.8) is 0 Å². The predicted molar refractivity (Wildman–Crippen MR) is 83.1 cm³/mol. The van der Waals surface area contributed by atoms with Crippen LogP contribution in [0.5, 0.6) is 0 Å². The van der Waals surface area contributed by atoms with Crippen molar-refractivity contribution < 1.29 is 0 Å². The minimum absolute atomic E-state index is 0.842. The Kier molecular flexibility index (Phi) is 6.60. The zero-order valence-corrected chi connectivity index (χ0v) is 13.1. The zero-order chi connectivity index (χ0) is 14.3. The van der Waals surface area contributed by atoms with Gasteiger partial charge in [0.15, 0.2) is 0 Å². The summed E-state index contributed by atoms with van der Waals surface area (Å²) in [5, 5.41) is 3.40. The van der Waals surface area contributed by atoms with Gasteiger partial charge in [0.2, 0.25) is 0 Å². The Labute approximate surface area is 117 Å². The zero-order valence-electron chi connectivity index (χ0n) is 13.1. The fourth-order valence-electron chi connectivity index (χ4n) is 2.10. The second-order valence-electron chi connectivity index (χ2n) is 4.93. The van der Waals surface area contributed by atoms with Crippen molar-refractivity contribution >= 4 is 11.6 Å². The molecule has 1 aromatic heterocycles. The molecule has 1 rings (SSSR count). The summed E-state index contributed by atoms with van der Waals surface area (Å²) in [6.07, 6.45) is 3.51. The summed E-state index contributed by atoms with van der Waals surface area (Å²) < 4.78 is 0. The van der Waals surface area contributed by atoms with Crippen LogP contribution in [-0.4, -0.2) is 29.6 Å². The van der Waals surface area contributed by atoms with Gasteiger partial charge in [-0.2, -0.15) is 0 Å². The Morgan fingerprint density at radius 1 is 1.05 bits per heavy atom. The molecule has 0 aliphatic carbocycles.